The third kappa shape index (κ3) is 7.40. The van der Waals surface area contributed by atoms with Crippen molar-refractivity contribution in [3.8, 4) is 5.75 Å². The van der Waals surface area contributed by atoms with Crippen molar-refractivity contribution in [2.45, 2.75) is 19.5 Å². The Hall–Kier alpha value is -1.96. The van der Waals surface area contributed by atoms with Gasteiger partial charge in [-0.05, 0) is 42.9 Å². The molecule has 0 fully saturated rings. The predicted octanol–water partition coefficient (Wildman–Crippen LogP) is 2.53. The third-order valence-corrected chi connectivity index (χ3v) is 2.65. The van der Waals surface area contributed by atoms with E-state index in [0.717, 1.165) is 0 Å². The number of thiocarbonyl (C=S) groups is 1. The van der Waals surface area contributed by atoms with Gasteiger partial charge in [-0.1, -0.05) is 0 Å². The number of anilines is 1. The summed E-state index contributed by atoms with van der Waals surface area (Å²) in [4.78, 5) is 10.9. The molecule has 0 unspecified atom stereocenters. The van der Waals surface area contributed by atoms with Gasteiger partial charge in [-0.2, -0.15) is 8.78 Å². The average molecular weight is 318 g/mol. The zero-order valence-corrected chi connectivity index (χ0v) is 12.2. The van der Waals surface area contributed by atoms with Crippen molar-refractivity contribution in [1.29, 1.82) is 0 Å². The zero-order chi connectivity index (χ0) is 15.7. The molecule has 5 nitrogen and oxygen atoms in total. The minimum absolute atomic E-state index is 0.0764. The molecule has 1 aromatic rings. The number of nitrogens with one attached hydrogen (secondary N) is 2. The molecule has 0 aromatic heterocycles. The lowest BCUT2D eigenvalue weighted by molar-refractivity contribution is -0.140. The van der Waals surface area contributed by atoms with Gasteiger partial charge < -0.3 is 20.1 Å². The molecule has 8 heteroatoms. The third-order valence-electron chi connectivity index (χ3n) is 2.41. The van der Waals surface area contributed by atoms with Gasteiger partial charge in [0.15, 0.2) is 5.11 Å². The molecule has 21 heavy (non-hydrogen) atoms. The molecule has 0 atom stereocenters. The van der Waals surface area contributed by atoms with Crippen molar-refractivity contribution in [1.82, 2.24) is 5.32 Å². The second-order valence-corrected chi connectivity index (χ2v) is 4.37. The smallest absolute Gasteiger partial charge is 0.387 e. The van der Waals surface area contributed by atoms with Crippen LogP contribution in [-0.2, 0) is 9.53 Å². The van der Waals surface area contributed by atoms with Crippen LogP contribution >= 0.6 is 12.2 Å². The Balaban J connectivity index is 2.29. The first-order valence-electron chi connectivity index (χ1n) is 6.18. The average Bonchev–Trinajstić information content (AvgIpc) is 2.45. The minimum Gasteiger partial charge on any atom is -0.469 e. The van der Waals surface area contributed by atoms with Crippen LogP contribution in [0.4, 0.5) is 14.5 Å². The van der Waals surface area contributed by atoms with E-state index in [-0.39, 0.29) is 11.7 Å². The summed E-state index contributed by atoms with van der Waals surface area (Å²) in [5.74, 6) is -0.196. The summed E-state index contributed by atoms with van der Waals surface area (Å²) in [7, 11) is 1.34. The van der Waals surface area contributed by atoms with E-state index >= 15 is 0 Å². The Labute approximate surface area is 126 Å². The van der Waals surface area contributed by atoms with Crippen molar-refractivity contribution < 1.29 is 23.0 Å². The lowest BCUT2D eigenvalue weighted by atomic mass is 10.3. The topological polar surface area (TPSA) is 59.6 Å². The van der Waals surface area contributed by atoms with Crippen molar-refractivity contribution in [3.63, 3.8) is 0 Å². The summed E-state index contributed by atoms with van der Waals surface area (Å²) < 4.78 is 32.7. The monoisotopic (exact) mass is 318 g/mol. The van der Waals surface area contributed by atoms with Gasteiger partial charge in [-0.15, -0.1) is 0 Å². The van der Waals surface area contributed by atoms with E-state index in [1.165, 1.54) is 19.2 Å². The maximum Gasteiger partial charge on any atom is 0.387 e. The number of rotatable bonds is 7. The summed E-state index contributed by atoms with van der Waals surface area (Å²) in [5.41, 5.74) is 0.641. The van der Waals surface area contributed by atoms with Crippen LogP contribution in [0.2, 0.25) is 0 Å². The molecule has 0 saturated carbocycles. The summed E-state index contributed by atoms with van der Waals surface area (Å²) in [6.07, 6.45) is 0.904. The minimum atomic E-state index is -2.85. The molecule has 0 aliphatic heterocycles. The van der Waals surface area contributed by atoms with Crippen molar-refractivity contribution in [2.75, 3.05) is 19.0 Å². The highest BCUT2D eigenvalue weighted by Crippen LogP contribution is 2.17. The Morgan fingerprint density at radius 1 is 1.33 bits per heavy atom. The first-order valence-corrected chi connectivity index (χ1v) is 6.58. The zero-order valence-electron chi connectivity index (χ0n) is 11.4. The highest BCUT2D eigenvalue weighted by atomic mass is 32.1. The Morgan fingerprint density at radius 2 is 2.00 bits per heavy atom. The number of esters is 1. The van der Waals surface area contributed by atoms with Gasteiger partial charge in [-0.25, -0.2) is 0 Å². The molecule has 0 spiro atoms. The van der Waals surface area contributed by atoms with Crippen molar-refractivity contribution >= 4 is 29.0 Å². The fourth-order valence-electron chi connectivity index (χ4n) is 1.43. The number of hydrogen-bond donors (Lipinski definition) is 2. The van der Waals surface area contributed by atoms with Crippen LogP contribution in [0, 0.1) is 0 Å². The largest absolute Gasteiger partial charge is 0.469 e. The number of carbonyl (C=O) groups is 1. The SMILES string of the molecule is COC(=O)CCCNC(=S)Nc1ccc(OC(F)F)cc1. The summed E-state index contributed by atoms with van der Waals surface area (Å²) in [6, 6.07) is 5.96. The van der Waals surface area contributed by atoms with Crippen LogP contribution in [0.15, 0.2) is 24.3 Å². The number of halogens is 2. The highest BCUT2D eigenvalue weighted by molar-refractivity contribution is 7.80. The van der Waals surface area contributed by atoms with Crippen LogP contribution in [0.5, 0.6) is 5.75 Å². The lowest BCUT2D eigenvalue weighted by Gasteiger charge is -2.11. The van der Waals surface area contributed by atoms with Crippen molar-refractivity contribution in [2.24, 2.45) is 0 Å². The molecular formula is C13H16F2N2O3S. The summed E-state index contributed by atoms with van der Waals surface area (Å²) >= 11 is 5.06. The van der Waals surface area contributed by atoms with E-state index in [9.17, 15) is 13.6 Å². The summed E-state index contributed by atoms with van der Waals surface area (Å²) in [6.45, 7) is -2.32. The van der Waals surface area contributed by atoms with Crippen LogP contribution in [0.1, 0.15) is 12.8 Å². The van der Waals surface area contributed by atoms with E-state index in [2.05, 4.69) is 20.1 Å². The standard InChI is InChI=1S/C13H16F2N2O3S/c1-19-11(18)3-2-8-16-13(21)17-9-4-6-10(7-5-9)20-12(14)15/h4-7,12H,2-3,8H2,1H3,(H2,16,17,21). The molecule has 0 bridgehead atoms. The molecule has 116 valence electrons. The fourth-order valence-corrected chi connectivity index (χ4v) is 1.65. The number of ether oxygens (including phenoxy) is 2. The van der Waals surface area contributed by atoms with Gasteiger partial charge in [0.25, 0.3) is 0 Å². The van der Waals surface area contributed by atoms with Gasteiger partial charge in [-0.3, -0.25) is 4.79 Å². The maximum absolute atomic E-state index is 12.0. The van der Waals surface area contributed by atoms with E-state index < -0.39 is 6.61 Å². The van der Waals surface area contributed by atoms with Gasteiger partial charge in [0, 0.05) is 18.7 Å². The Morgan fingerprint density at radius 3 is 2.57 bits per heavy atom. The van der Waals surface area contributed by atoms with Gasteiger partial charge in [0.2, 0.25) is 0 Å². The quantitative estimate of drug-likeness (QED) is 0.458. The number of methoxy groups -OCH3 is 1. The van der Waals surface area contributed by atoms with Gasteiger partial charge in [0.1, 0.15) is 5.75 Å². The molecule has 1 rings (SSSR count). The number of benzene rings is 1. The molecule has 0 saturated heterocycles. The highest BCUT2D eigenvalue weighted by Gasteiger charge is 2.04. The molecule has 0 heterocycles. The molecule has 0 amide bonds. The number of carbonyl (C=O) groups excluding carboxylic acids is 1. The normalized spacial score (nSPS) is 10.1. The van der Waals surface area contributed by atoms with Crippen LogP contribution in [0.3, 0.4) is 0 Å². The predicted molar refractivity (Wildman–Crippen MR) is 78.5 cm³/mol. The maximum atomic E-state index is 12.0. The second-order valence-electron chi connectivity index (χ2n) is 3.96. The van der Waals surface area contributed by atoms with E-state index in [4.69, 9.17) is 12.2 Å². The lowest BCUT2D eigenvalue weighted by Crippen LogP contribution is -2.29. The van der Waals surface area contributed by atoms with Gasteiger partial charge in [0.05, 0.1) is 7.11 Å². The Bertz CT molecular complexity index is 469. The number of hydrogen-bond acceptors (Lipinski definition) is 4. The second kappa shape index (κ2) is 9.06. The first-order chi connectivity index (χ1) is 10.0. The van der Waals surface area contributed by atoms with E-state index in [0.29, 0.717) is 30.2 Å². The molecule has 1 aromatic carbocycles. The van der Waals surface area contributed by atoms with E-state index in [1.54, 1.807) is 12.1 Å². The molecule has 2 N–H and O–H groups in total. The van der Waals surface area contributed by atoms with E-state index in [1.807, 2.05) is 0 Å². The molecular weight excluding hydrogens is 302 g/mol. The van der Waals surface area contributed by atoms with Crippen LogP contribution < -0.4 is 15.4 Å². The van der Waals surface area contributed by atoms with Gasteiger partial charge >= 0.3 is 12.6 Å². The first kappa shape index (κ1) is 17.1. The van der Waals surface area contributed by atoms with Crippen molar-refractivity contribution in [3.05, 3.63) is 24.3 Å². The summed E-state index contributed by atoms with van der Waals surface area (Å²) in [5, 5.41) is 6.18. The molecule has 0 aliphatic rings. The van der Waals surface area contributed by atoms with Crippen LogP contribution in [-0.4, -0.2) is 31.3 Å². The molecule has 0 aliphatic carbocycles. The molecule has 0 radical (unpaired) electrons. The Kier molecular flexibility index (Phi) is 7.38. The number of alkyl halides is 2. The fraction of sp³-hybridized carbons (Fsp3) is 0.385. The van der Waals surface area contributed by atoms with Crippen LogP contribution in [0.25, 0.3) is 0 Å².